The van der Waals surface area contributed by atoms with Crippen LogP contribution in [0.3, 0.4) is 0 Å². The minimum absolute atomic E-state index is 0.256. The van der Waals surface area contributed by atoms with Gasteiger partial charge in [-0.25, -0.2) is 9.59 Å². The highest BCUT2D eigenvalue weighted by Crippen LogP contribution is 2.00. The third kappa shape index (κ3) is 9.94. The van der Waals surface area contributed by atoms with Crippen LogP contribution in [0.15, 0.2) is 30.3 Å². The Kier molecular flexibility index (Phi) is 10.8. The van der Waals surface area contributed by atoms with Gasteiger partial charge in [0.25, 0.3) is 0 Å². The number of carbonyl (C=O) groups excluding carboxylic acids is 1. The van der Waals surface area contributed by atoms with Crippen molar-refractivity contribution in [3.8, 4) is 0 Å². The predicted octanol–water partition coefficient (Wildman–Crippen LogP) is 3.73. The molecule has 0 saturated carbocycles. The lowest BCUT2D eigenvalue weighted by molar-refractivity contribution is 0.0526. The molecule has 1 aromatic rings. The van der Waals surface area contributed by atoms with E-state index in [-0.39, 0.29) is 5.97 Å². The fourth-order valence-corrected chi connectivity index (χ4v) is 1.30. The highest BCUT2D eigenvalue weighted by atomic mass is 16.7. The predicted molar refractivity (Wildman–Crippen MR) is 75.9 cm³/mol. The van der Waals surface area contributed by atoms with Gasteiger partial charge in [0.15, 0.2) is 0 Å². The number of unbranched alkanes of at least 4 members (excludes halogenated alkanes) is 2. The number of hydrogen-bond acceptors (Lipinski definition) is 4. The van der Waals surface area contributed by atoms with E-state index in [1.807, 2.05) is 18.2 Å². The second kappa shape index (κ2) is 12.0. The van der Waals surface area contributed by atoms with Crippen LogP contribution >= 0.6 is 0 Å². The van der Waals surface area contributed by atoms with E-state index in [0.717, 1.165) is 19.3 Å². The third-order valence-electron chi connectivity index (χ3n) is 2.26. The Labute approximate surface area is 119 Å². The van der Waals surface area contributed by atoms with Gasteiger partial charge in [-0.15, -0.1) is 0 Å². The Balaban J connectivity index is 0.000000370. The minimum Gasteiger partial charge on any atom is -0.462 e. The van der Waals surface area contributed by atoms with Crippen molar-refractivity contribution in [2.75, 3.05) is 13.2 Å². The number of benzene rings is 1. The monoisotopic (exact) mass is 282 g/mol. The lowest BCUT2D eigenvalue weighted by Crippen LogP contribution is -2.03. The van der Waals surface area contributed by atoms with Gasteiger partial charge in [-0.3, -0.25) is 0 Å². The van der Waals surface area contributed by atoms with Crippen LogP contribution < -0.4 is 0 Å². The third-order valence-corrected chi connectivity index (χ3v) is 2.26. The molecule has 0 heterocycles. The normalized spacial score (nSPS) is 9.10. The van der Waals surface area contributed by atoms with E-state index < -0.39 is 6.16 Å². The van der Waals surface area contributed by atoms with Crippen molar-refractivity contribution in [2.45, 2.75) is 33.1 Å². The van der Waals surface area contributed by atoms with Gasteiger partial charge in [0.2, 0.25) is 0 Å². The number of rotatable bonds is 6. The Morgan fingerprint density at radius 1 is 1.05 bits per heavy atom. The van der Waals surface area contributed by atoms with Crippen molar-refractivity contribution in [1.29, 1.82) is 0 Å². The van der Waals surface area contributed by atoms with Crippen molar-refractivity contribution in [3.63, 3.8) is 0 Å². The zero-order chi connectivity index (χ0) is 15.2. The zero-order valence-corrected chi connectivity index (χ0v) is 12.0. The zero-order valence-electron chi connectivity index (χ0n) is 12.0. The van der Waals surface area contributed by atoms with Crippen molar-refractivity contribution in [1.82, 2.24) is 0 Å². The molecular formula is C15H22O5. The average molecular weight is 282 g/mol. The first-order valence-corrected chi connectivity index (χ1v) is 6.69. The molecule has 0 spiro atoms. The molecule has 0 aliphatic carbocycles. The molecule has 5 nitrogen and oxygen atoms in total. The Morgan fingerprint density at radius 2 is 1.70 bits per heavy atom. The molecule has 112 valence electrons. The van der Waals surface area contributed by atoms with E-state index in [1.54, 1.807) is 19.1 Å². The largest absolute Gasteiger partial charge is 0.505 e. The molecule has 0 saturated heterocycles. The van der Waals surface area contributed by atoms with Crippen LogP contribution in [-0.2, 0) is 9.47 Å². The van der Waals surface area contributed by atoms with Gasteiger partial charge in [0, 0.05) is 0 Å². The van der Waals surface area contributed by atoms with Crippen LogP contribution in [0.4, 0.5) is 4.79 Å². The molecule has 1 rings (SSSR count). The standard InChI is InChI=1S/C9H10O2.C6H12O3/c1-2-11-9(10)8-6-4-3-5-7-8;1-2-3-4-5-9-6(7)8/h3-7H,2H2,1H3;2-5H2,1H3,(H,7,8). The molecule has 0 aliphatic heterocycles. The molecule has 0 amide bonds. The second-order valence-electron chi connectivity index (χ2n) is 3.91. The van der Waals surface area contributed by atoms with Crippen molar-refractivity contribution >= 4 is 12.1 Å². The molecule has 0 atom stereocenters. The molecule has 0 radical (unpaired) electrons. The van der Waals surface area contributed by atoms with E-state index in [4.69, 9.17) is 9.84 Å². The van der Waals surface area contributed by atoms with Gasteiger partial charge in [-0.2, -0.15) is 0 Å². The van der Waals surface area contributed by atoms with Gasteiger partial charge >= 0.3 is 12.1 Å². The van der Waals surface area contributed by atoms with Crippen LogP contribution in [0.5, 0.6) is 0 Å². The van der Waals surface area contributed by atoms with Crippen LogP contribution in [0.2, 0.25) is 0 Å². The summed E-state index contributed by atoms with van der Waals surface area (Å²) in [6, 6.07) is 8.96. The first-order valence-electron chi connectivity index (χ1n) is 6.69. The summed E-state index contributed by atoms with van der Waals surface area (Å²) in [6.45, 7) is 4.61. The molecule has 1 aromatic carbocycles. The lowest BCUT2D eigenvalue weighted by Gasteiger charge is -1.99. The lowest BCUT2D eigenvalue weighted by atomic mass is 10.2. The summed E-state index contributed by atoms with van der Waals surface area (Å²) >= 11 is 0. The number of carboxylic acid groups (broad SMARTS) is 1. The van der Waals surface area contributed by atoms with Gasteiger partial charge in [0.1, 0.15) is 0 Å². The fraction of sp³-hybridized carbons (Fsp3) is 0.467. The maximum absolute atomic E-state index is 11.0. The first kappa shape index (κ1) is 18.0. The quantitative estimate of drug-likeness (QED) is 0.635. The summed E-state index contributed by atoms with van der Waals surface area (Å²) in [5.74, 6) is -0.256. The summed E-state index contributed by atoms with van der Waals surface area (Å²) in [6.07, 6.45) is 1.78. The summed E-state index contributed by atoms with van der Waals surface area (Å²) in [7, 11) is 0. The SMILES string of the molecule is CCCCCOC(=O)O.CCOC(=O)c1ccccc1. The van der Waals surface area contributed by atoms with E-state index in [1.165, 1.54) is 0 Å². The molecule has 0 fully saturated rings. The van der Waals surface area contributed by atoms with Crippen molar-refractivity contribution in [3.05, 3.63) is 35.9 Å². The molecule has 0 aliphatic rings. The summed E-state index contributed by atoms with van der Waals surface area (Å²) in [4.78, 5) is 20.8. The van der Waals surface area contributed by atoms with Crippen LogP contribution in [0, 0.1) is 0 Å². The summed E-state index contributed by atoms with van der Waals surface area (Å²) in [5.41, 5.74) is 0.606. The second-order valence-corrected chi connectivity index (χ2v) is 3.91. The Morgan fingerprint density at radius 3 is 2.20 bits per heavy atom. The highest BCUT2D eigenvalue weighted by Gasteiger charge is 2.02. The fourth-order valence-electron chi connectivity index (χ4n) is 1.30. The highest BCUT2D eigenvalue weighted by molar-refractivity contribution is 5.89. The van der Waals surface area contributed by atoms with Gasteiger partial charge in [-0.1, -0.05) is 38.0 Å². The topological polar surface area (TPSA) is 72.8 Å². The van der Waals surface area contributed by atoms with E-state index >= 15 is 0 Å². The number of ether oxygens (including phenoxy) is 2. The maximum Gasteiger partial charge on any atom is 0.505 e. The number of esters is 1. The van der Waals surface area contributed by atoms with Crippen LogP contribution in [0.25, 0.3) is 0 Å². The van der Waals surface area contributed by atoms with Crippen molar-refractivity contribution in [2.24, 2.45) is 0 Å². The number of carbonyl (C=O) groups is 2. The molecular weight excluding hydrogens is 260 g/mol. The summed E-state index contributed by atoms with van der Waals surface area (Å²) in [5, 5.41) is 7.99. The summed E-state index contributed by atoms with van der Waals surface area (Å²) < 4.78 is 9.05. The first-order chi connectivity index (χ1) is 9.61. The minimum atomic E-state index is -1.17. The van der Waals surface area contributed by atoms with E-state index in [2.05, 4.69) is 11.7 Å². The van der Waals surface area contributed by atoms with Gasteiger partial charge in [-0.05, 0) is 25.5 Å². The molecule has 0 unspecified atom stereocenters. The maximum atomic E-state index is 11.0. The molecule has 20 heavy (non-hydrogen) atoms. The van der Waals surface area contributed by atoms with Crippen molar-refractivity contribution < 1.29 is 24.2 Å². The molecule has 0 bridgehead atoms. The molecule has 0 aromatic heterocycles. The van der Waals surface area contributed by atoms with Crippen LogP contribution in [0.1, 0.15) is 43.5 Å². The Bertz CT molecular complexity index is 375. The Hall–Kier alpha value is -2.04. The number of hydrogen-bond donors (Lipinski definition) is 1. The van der Waals surface area contributed by atoms with E-state index in [9.17, 15) is 9.59 Å². The van der Waals surface area contributed by atoms with Crippen LogP contribution in [-0.4, -0.2) is 30.4 Å². The van der Waals surface area contributed by atoms with Gasteiger partial charge < -0.3 is 14.6 Å². The van der Waals surface area contributed by atoms with E-state index in [0.29, 0.717) is 18.8 Å². The molecule has 5 heteroatoms. The molecule has 1 N–H and O–H groups in total. The average Bonchev–Trinajstić information content (AvgIpc) is 2.45. The smallest absolute Gasteiger partial charge is 0.462 e. The van der Waals surface area contributed by atoms with Gasteiger partial charge in [0.05, 0.1) is 18.8 Å².